The van der Waals surface area contributed by atoms with Crippen LogP contribution in [0.5, 0.6) is 11.6 Å². The van der Waals surface area contributed by atoms with Crippen molar-refractivity contribution < 1.29 is 19.1 Å². The first-order valence-electron chi connectivity index (χ1n) is 9.73. The molecule has 8 heteroatoms. The average Bonchev–Trinajstić information content (AvgIpc) is 3.21. The first-order chi connectivity index (χ1) is 14.6. The van der Waals surface area contributed by atoms with Gasteiger partial charge in [0.2, 0.25) is 12.3 Å². The molecule has 0 unspecified atom stereocenters. The third-order valence-corrected chi connectivity index (χ3v) is 4.89. The zero-order valence-electron chi connectivity index (χ0n) is 17.4. The fourth-order valence-corrected chi connectivity index (χ4v) is 3.21. The number of aromatic amines is 1. The maximum Gasteiger partial charge on any atom is 0.270 e. The minimum Gasteiger partial charge on any atom is -0.497 e. The van der Waals surface area contributed by atoms with E-state index in [1.165, 1.54) is 0 Å². The van der Waals surface area contributed by atoms with Gasteiger partial charge in [-0.2, -0.15) is 0 Å². The van der Waals surface area contributed by atoms with E-state index in [0.29, 0.717) is 37.8 Å². The number of pyridine rings is 1. The van der Waals surface area contributed by atoms with E-state index in [9.17, 15) is 9.59 Å². The molecule has 0 saturated heterocycles. The van der Waals surface area contributed by atoms with Crippen molar-refractivity contribution in [2.45, 2.75) is 13.5 Å². The summed E-state index contributed by atoms with van der Waals surface area (Å²) >= 11 is 0. The highest BCUT2D eigenvalue weighted by Crippen LogP contribution is 2.22. The summed E-state index contributed by atoms with van der Waals surface area (Å²) in [6, 6.07) is 12.9. The van der Waals surface area contributed by atoms with Gasteiger partial charge in [0.15, 0.2) is 0 Å². The third kappa shape index (κ3) is 4.89. The molecule has 0 spiro atoms. The summed E-state index contributed by atoms with van der Waals surface area (Å²) in [5.74, 6) is 1.12. The fourth-order valence-electron chi connectivity index (χ4n) is 3.21. The number of hydrogen-bond acceptors (Lipinski definition) is 5. The summed E-state index contributed by atoms with van der Waals surface area (Å²) in [5, 5.41) is 0.910. The SMILES string of the molecule is CCN(CCN(C=O)Cc1cccc(OC)n1)C(=O)c1cc2cc(OC)ccc2[nH]1. The number of carbonyl (C=O) groups is 2. The lowest BCUT2D eigenvalue weighted by Gasteiger charge is -2.24. The van der Waals surface area contributed by atoms with Gasteiger partial charge in [0.25, 0.3) is 5.91 Å². The van der Waals surface area contributed by atoms with Crippen LogP contribution in [0.25, 0.3) is 10.9 Å². The second kappa shape index (κ2) is 9.78. The molecule has 30 heavy (non-hydrogen) atoms. The Kier molecular flexibility index (Phi) is 6.90. The van der Waals surface area contributed by atoms with Crippen LogP contribution in [0.15, 0.2) is 42.5 Å². The molecule has 2 heterocycles. The summed E-state index contributed by atoms with van der Waals surface area (Å²) in [5.41, 5.74) is 2.10. The predicted octanol–water partition coefficient (Wildman–Crippen LogP) is 2.70. The summed E-state index contributed by atoms with van der Waals surface area (Å²) < 4.78 is 10.4. The fraction of sp³-hybridized carbons (Fsp3) is 0.318. The molecule has 0 atom stereocenters. The number of hydrogen-bond donors (Lipinski definition) is 1. The van der Waals surface area contributed by atoms with Crippen molar-refractivity contribution in [3.63, 3.8) is 0 Å². The Morgan fingerprint density at radius 2 is 1.97 bits per heavy atom. The number of nitrogens with one attached hydrogen (secondary N) is 1. The van der Waals surface area contributed by atoms with Crippen molar-refractivity contribution in [3.05, 3.63) is 53.9 Å². The quantitative estimate of drug-likeness (QED) is 0.519. The van der Waals surface area contributed by atoms with Gasteiger partial charge >= 0.3 is 0 Å². The van der Waals surface area contributed by atoms with Gasteiger partial charge in [0.1, 0.15) is 11.4 Å². The number of aromatic nitrogens is 2. The average molecular weight is 410 g/mol. The molecule has 0 aliphatic heterocycles. The third-order valence-electron chi connectivity index (χ3n) is 4.89. The van der Waals surface area contributed by atoms with Crippen LogP contribution in [0, 0.1) is 0 Å². The molecule has 1 aromatic carbocycles. The molecule has 1 N–H and O–H groups in total. The molecule has 2 amide bonds. The van der Waals surface area contributed by atoms with E-state index < -0.39 is 0 Å². The highest BCUT2D eigenvalue weighted by molar-refractivity contribution is 5.98. The summed E-state index contributed by atoms with van der Waals surface area (Å²) in [6.07, 6.45) is 0.773. The molecule has 0 saturated carbocycles. The van der Waals surface area contributed by atoms with Crippen LogP contribution in [0.1, 0.15) is 23.1 Å². The van der Waals surface area contributed by atoms with E-state index in [1.807, 2.05) is 43.3 Å². The Balaban J connectivity index is 1.66. The van der Waals surface area contributed by atoms with Crippen molar-refractivity contribution >= 4 is 23.2 Å². The lowest BCUT2D eigenvalue weighted by molar-refractivity contribution is -0.118. The lowest BCUT2D eigenvalue weighted by Crippen LogP contribution is -2.38. The molecular formula is C22H26N4O4. The van der Waals surface area contributed by atoms with Crippen LogP contribution >= 0.6 is 0 Å². The second-order valence-electron chi connectivity index (χ2n) is 6.77. The summed E-state index contributed by atoms with van der Waals surface area (Å²) in [7, 11) is 3.16. The van der Waals surface area contributed by atoms with Crippen molar-refractivity contribution in [3.8, 4) is 11.6 Å². The van der Waals surface area contributed by atoms with Crippen LogP contribution < -0.4 is 9.47 Å². The molecular weight excluding hydrogens is 384 g/mol. The van der Waals surface area contributed by atoms with Crippen LogP contribution in [-0.4, -0.2) is 65.9 Å². The Morgan fingerprint density at radius 3 is 2.67 bits per heavy atom. The molecule has 0 aliphatic rings. The van der Waals surface area contributed by atoms with Gasteiger partial charge in [-0.05, 0) is 37.3 Å². The Labute approximate surface area is 175 Å². The Hall–Kier alpha value is -3.55. The van der Waals surface area contributed by atoms with Crippen LogP contribution in [0.2, 0.25) is 0 Å². The number of carbonyl (C=O) groups excluding carboxylic acids is 2. The minimum absolute atomic E-state index is 0.113. The first kappa shape index (κ1) is 21.2. The summed E-state index contributed by atoms with van der Waals surface area (Å²) in [6.45, 7) is 3.60. The van der Waals surface area contributed by atoms with Crippen molar-refractivity contribution in [1.29, 1.82) is 0 Å². The zero-order valence-corrected chi connectivity index (χ0v) is 17.4. The second-order valence-corrected chi connectivity index (χ2v) is 6.77. The highest BCUT2D eigenvalue weighted by Gasteiger charge is 2.18. The van der Waals surface area contributed by atoms with E-state index in [4.69, 9.17) is 9.47 Å². The van der Waals surface area contributed by atoms with Gasteiger partial charge in [-0.25, -0.2) is 4.98 Å². The molecule has 0 aliphatic carbocycles. The number of rotatable bonds is 10. The topological polar surface area (TPSA) is 87.8 Å². The van der Waals surface area contributed by atoms with Crippen LogP contribution in [0.3, 0.4) is 0 Å². The standard InChI is InChI=1S/C22H26N4O4/c1-4-26(11-10-25(15-27)14-17-6-5-7-21(23-17)30-3)22(28)20-13-16-12-18(29-2)8-9-19(16)24-20/h5-9,12-13,15,24H,4,10-11,14H2,1-3H3. The smallest absolute Gasteiger partial charge is 0.270 e. The number of fused-ring (bicyclic) bond motifs is 1. The van der Waals surface area contributed by atoms with E-state index in [-0.39, 0.29) is 5.91 Å². The molecule has 3 aromatic rings. The molecule has 0 radical (unpaired) electrons. The van der Waals surface area contributed by atoms with E-state index in [1.54, 1.807) is 30.1 Å². The van der Waals surface area contributed by atoms with Crippen molar-refractivity contribution in [2.75, 3.05) is 33.9 Å². The molecule has 8 nitrogen and oxygen atoms in total. The van der Waals surface area contributed by atoms with Crippen LogP contribution in [0.4, 0.5) is 0 Å². The van der Waals surface area contributed by atoms with Gasteiger partial charge in [0.05, 0.1) is 26.5 Å². The number of ether oxygens (including phenoxy) is 2. The number of benzene rings is 1. The van der Waals surface area contributed by atoms with Gasteiger partial charge in [-0.15, -0.1) is 0 Å². The molecule has 0 fully saturated rings. The van der Waals surface area contributed by atoms with Crippen molar-refractivity contribution in [1.82, 2.24) is 19.8 Å². The van der Waals surface area contributed by atoms with E-state index in [0.717, 1.165) is 28.8 Å². The van der Waals surface area contributed by atoms with Gasteiger partial charge in [-0.1, -0.05) is 6.07 Å². The minimum atomic E-state index is -0.113. The molecule has 0 bridgehead atoms. The van der Waals surface area contributed by atoms with E-state index in [2.05, 4.69) is 9.97 Å². The normalized spacial score (nSPS) is 10.6. The molecule has 158 valence electrons. The van der Waals surface area contributed by atoms with Gasteiger partial charge in [-0.3, -0.25) is 9.59 Å². The molecule has 3 rings (SSSR count). The van der Waals surface area contributed by atoms with Gasteiger partial charge in [0, 0.05) is 36.6 Å². The zero-order chi connectivity index (χ0) is 21.5. The maximum atomic E-state index is 13.0. The van der Waals surface area contributed by atoms with Gasteiger partial charge < -0.3 is 24.3 Å². The van der Waals surface area contributed by atoms with Crippen LogP contribution in [-0.2, 0) is 11.3 Å². The highest BCUT2D eigenvalue weighted by atomic mass is 16.5. The lowest BCUT2D eigenvalue weighted by atomic mass is 10.2. The Bertz CT molecular complexity index is 1020. The number of nitrogens with zero attached hydrogens (tertiary/aromatic N) is 3. The number of likely N-dealkylation sites (N-methyl/N-ethyl adjacent to an activating group) is 1. The molecule has 2 aromatic heterocycles. The predicted molar refractivity (Wildman–Crippen MR) is 114 cm³/mol. The van der Waals surface area contributed by atoms with Crippen molar-refractivity contribution in [2.24, 2.45) is 0 Å². The number of methoxy groups -OCH3 is 2. The Morgan fingerprint density at radius 1 is 1.13 bits per heavy atom. The largest absolute Gasteiger partial charge is 0.497 e. The maximum absolute atomic E-state index is 13.0. The monoisotopic (exact) mass is 410 g/mol. The number of amides is 2. The number of H-pyrrole nitrogens is 1. The summed E-state index contributed by atoms with van der Waals surface area (Å²) in [4.78, 5) is 35.3. The van der Waals surface area contributed by atoms with E-state index >= 15 is 0 Å². The first-order valence-corrected chi connectivity index (χ1v) is 9.73.